The highest BCUT2D eigenvalue weighted by Crippen LogP contribution is 2.21. The molecule has 2 aromatic rings. The average molecular weight is 367 g/mol. The zero-order chi connectivity index (χ0) is 17.5. The van der Waals surface area contributed by atoms with Crippen molar-refractivity contribution in [3.05, 3.63) is 51.9 Å². The Morgan fingerprint density at radius 1 is 1.17 bits per heavy atom. The lowest BCUT2D eigenvalue weighted by molar-refractivity contribution is 0.0767. The number of rotatable bonds is 7. The van der Waals surface area contributed by atoms with Gasteiger partial charge in [-0.3, -0.25) is 4.79 Å². The first-order valence-corrected chi connectivity index (χ1v) is 8.59. The molecule has 0 radical (unpaired) electrons. The summed E-state index contributed by atoms with van der Waals surface area (Å²) in [4.78, 5) is 22.3. The smallest absolute Gasteiger partial charge is 0.272 e. The number of hydrogen-bond acceptors (Lipinski definition) is 4. The first kappa shape index (κ1) is 18.5. The summed E-state index contributed by atoms with van der Waals surface area (Å²) < 4.78 is 0. The van der Waals surface area contributed by atoms with Gasteiger partial charge in [0.05, 0.1) is 0 Å². The Balaban J connectivity index is 1.98. The molecule has 1 heterocycles. The van der Waals surface area contributed by atoms with E-state index in [-0.39, 0.29) is 5.91 Å². The molecule has 0 unspecified atom stereocenters. The number of hydrogen-bond donors (Lipinski definition) is 1. The van der Waals surface area contributed by atoms with E-state index < -0.39 is 0 Å². The lowest BCUT2D eigenvalue weighted by atomic mass is 10.1. The van der Waals surface area contributed by atoms with E-state index >= 15 is 0 Å². The predicted octanol–water partition coefficient (Wildman–Crippen LogP) is 3.92. The molecule has 0 atom stereocenters. The van der Waals surface area contributed by atoms with Gasteiger partial charge in [-0.2, -0.15) is 0 Å². The number of benzene rings is 1. The molecule has 0 fully saturated rings. The van der Waals surface area contributed by atoms with Crippen LogP contribution in [0.3, 0.4) is 0 Å². The molecular weight excluding hydrogens is 347 g/mol. The van der Waals surface area contributed by atoms with E-state index in [1.807, 2.05) is 26.0 Å². The van der Waals surface area contributed by atoms with Crippen molar-refractivity contribution >= 4 is 34.9 Å². The van der Waals surface area contributed by atoms with E-state index in [1.54, 1.807) is 17.0 Å². The number of nitrogens with one attached hydrogen (secondary N) is 1. The van der Waals surface area contributed by atoms with E-state index in [2.05, 4.69) is 15.3 Å². The van der Waals surface area contributed by atoms with Crippen molar-refractivity contribution in [3.63, 3.8) is 0 Å². The molecule has 0 bridgehead atoms. The third-order valence-electron chi connectivity index (χ3n) is 3.65. The third-order valence-corrected chi connectivity index (χ3v) is 4.24. The van der Waals surface area contributed by atoms with Crippen LogP contribution in [0.4, 0.5) is 5.82 Å². The zero-order valence-corrected chi connectivity index (χ0v) is 15.2. The summed E-state index contributed by atoms with van der Waals surface area (Å²) in [6, 6.07) is 7.12. The normalized spacial score (nSPS) is 10.5. The maximum Gasteiger partial charge on any atom is 0.272 e. The predicted molar refractivity (Wildman–Crippen MR) is 97.9 cm³/mol. The van der Waals surface area contributed by atoms with Gasteiger partial charge in [-0.15, -0.1) is 0 Å². The van der Waals surface area contributed by atoms with Crippen LogP contribution in [0.1, 0.15) is 29.9 Å². The van der Waals surface area contributed by atoms with Gasteiger partial charge < -0.3 is 10.2 Å². The van der Waals surface area contributed by atoms with Crippen molar-refractivity contribution in [2.24, 2.45) is 0 Å². The van der Waals surface area contributed by atoms with Crippen LogP contribution in [0.15, 0.2) is 30.6 Å². The molecule has 1 amide bonds. The maximum absolute atomic E-state index is 12.3. The molecule has 24 heavy (non-hydrogen) atoms. The number of nitrogens with zero attached hydrogens (tertiary/aromatic N) is 3. The zero-order valence-electron chi connectivity index (χ0n) is 13.7. The summed E-state index contributed by atoms with van der Waals surface area (Å²) in [5.41, 5.74) is 1.39. The summed E-state index contributed by atoms with van der Waals surface area (Å²) in [6.07, 6.45) is 2.12. The van der Waals surface area contributed by atoms with Gasteiger partial charge in [-0.1, -0.05) is 29.3 Å². The molecule has 0 aliphatic heterocycles. The lowest BCUT2D eigenvalue weighted by Gasteiger charge is -2.18. The molecule has 1 N–H and O–H groups in total. The van der Waals surface area contributed by atoms with Crippen LogP contribution in [-0.4, -0.2) is 40.4 Å². The molecule has 1 aromatic carbocycles. The average Bonchev–Trinajstić information content (AvgIpc) is 2.58. The Labute approximate surface area is 152 Å². The minimum absolute atomic E-state index is 0.0915. The molecule has 7 heteroatoms. The summed E-state index contributed by atoms with van der Waals surface area (Å²) in [7, 11) is 0. The molecule has 0 saturated carbocycles. The van der Waals surface area contributed by atoms with Gasteiger partial charge in [0.1, 0.15) is 17.8 Å². The quantitative estimate of drug-likeness (QED) is 0.806. The Kier molecular flexibility index (Phi) is 6.82. The summed E-state index contributed by atoms with van der Waals surface area (Å²) in [6.45, 7) is 5.82. The maximum atomic E-state index is 12.3. The molecular formula is C17H20Cl2N4O. The van der Waals surface area contributed by atoms with E-state index in [9.17, 15) is 4.79 Å². The minimum atomic E-state index is -0.0915. The molecule has 5 nitrogen and oxygen atoms in total. The summed E-state index contributed by atoms with van der Waals surface area (Å²) >= 11 is 12.0. The number of amides is 1. The SMILES string of the molecule is CCN(CC)C(=O)c1cc(NCCc2ccc(Cl)cc2Cl)ncn1. The first-order valence-electron chi connectivity index (χ1n) is 7.84. The highest BCUT2D eigenvalue weighted by atomic mass is 35.5. The van der Waals surface area contributed by atoms with E-state index in [0.29, 0.717) is 41.2 Å². The number of carbonyl (C=O) groups is 1. The van der Waals surface area contributed by atoms with Gasteiger partial charge in [0.15, 0.2) is 0 Å². The van der Waals surface area contributed by atoms with E-state index in [1.165, 1.54) is 6.33 Å². The van der Waals surface area contributed by atoms with Gasteiger partial charge in [-0.25, -0.2) is 9.97 Å². The fraction of sp³-hybridized carbons (Fsp3) is 0.353. The fourth-order valence-corrected chi connectivity index (χ4v) is 2.80. The molecule has 0 saturated heterocycles. The van der Waals surface area contributed by atoms with E-state index in [4.69, 9.17) is 23.2 Å². The molecule has 0 spiro atoms. The second-order valence-corrected chi connectivity index (χ2v) is 6.02. The van der Waals surface area contributed by atoms with Crippen LogP contribution in [0, 0.1) is 0 Å². The second-order valence-electron chi connectivity index (χ2n) is 5.18. The van der Waals surface area contributed by atoms with Crippen LogP contribution in [0.2, 0.25) is 10.0 Å². The highest BCUT2D eigenvalue weighted by Gasteiger charge is 2.14. The van der Waals surface area contributed by atoms with Crippen LogP contribution >= 0.6 is 23.2 Å². The Bertz CT molecular complexity index is 705. The van der Waals surface area contributed by atoms with Gasteiger partial charge in [0.25, 0.3) is 5.91 Å². The van der Waals surface area contributed by atoms with Crippen molar-refractivity contribution < 1.29 is 4.79 Å². The lowest BCUT2D eigenvalue weighted by Crippen LogP contribution is -2.31. The van der Waals surface area contributed by atoms with Crippen molar-refractivity contribution in [2.45, 2.75) is 20.3 Å². The van der Waals surface area contributed by atoms with Gasteiger partial charge in [0, 0.05) is 35.7 Å². The van der Waals surface area contributed by atoms with Crippen molar-refractivity contribution in [3.8, 4) is 0 Å². The fourth-order valence-electron chi connectivity index (χ4n) is 2.29. The summed E-state index contributed by atoms with van der Waals surface area (Å²) in [5.74, 6) is 0.525. The molecule has 0 aliphatic rings. The standard InChI is InChI=1S/C17H20Cl2N4O/c1-3-23(4-2)17(24)15-10-16(22-11-21-15)20-8-7-12-5-6-13(18)9-14(12)19/h5-6,9-11H,3-4,7-8H2,1-2H3,(H,20,21,22). The van der Waals surface area contributed by atoms with Crippen molar-refractivity contribution in [2.75, 3.05) is 25.0 Å². The molecule has 0 aliphatic carbocycles. The number of carbonyl (C=O) groups excluding carboxylic acids is 1. The Morgan fingerprint density at radius 3 is 2.58 bits per heavy atom. The van der Waals surface area contributed by atoms with Crippen LogP contribution in [0.25, 0.3) is 0 Å². The molecule has 128 valence electrons. The third kappa shape index (κ3) is 4.82. The van der Waals surface area contributed by atoms with Crippen LogP contribution in [0.5, 0.6) is 0 Å². The Hall–Kier alpha value is -1.85. The van der Waals surface area contributed by atoms with Gasteiger partial charge >= 0.3 is 0 Å². The first-order chi connectivity index (χ1) is 11.5. The van der Waals surface area contributed by atoms with Crippen LogP contribution < -0.4 is 5.32 Å². The number of halogens is 2. The second kappa shape index (κ2) is 8.85. The van der Waals surface area contributed by atoms with Crippen molar-refractivity contribution in [1.29, 1.82) is 0 Å². The van der Waals surface area contributed by atoms with E-state index in [0.717, 1.165) is 12.0 Å². The molecule has 2 rings (SSSR count). The van der Waals surface area contributed by atoms with Gasteiger partial charge in [-0.05, 0) is 38.0 Å². The summed E-state index contributed by atoms with van der Waals surface area (Å²) in [5, 5.41) is 4.45. The molecule has 1 aromatic heterocycles. The highest BCUT2D eigenvalue weighted by molar-refractivity contribution is 6.35. The largest absolute Gasteiger partial charge is 0.370 e. The van der Waals surface area contributed by atoms with Gasteiger partial charge in [0.2, 0.25) is 0 Å². The monoisotopic (exact) mass is 366 g/mol. The van der Waals surface area contributed by atoms with Crippen LogP contribution in [-0.2, 0) is 6.42 Å². The minimum Gasteiger partial charge on any atom is -0.370 e. The Morgan fingerprint density at radius 2 is 1.92 bits per heavy atom. The number of anilines is 1. The topological polar surface area (TPSA) is 58.1 Å². The van der Waals surface area contributed by atoms with Crippen molar-refractivity contribution in [1.82, 2.24) is 14.9 Å². The number of aromatic nitrogens is 2.